The van der Waals surface area contributed by atoms with Crippen LogP contribution in [-0.2, 0) is 13.1 Å². The molecule has 1 atom stereocenters. The second kappa shape index (κ2) is 6.22. The molecule has 1 aliphatic heterocycles. The van der Waals surface area contributed by atoms with Crippen LogP contribution in [0, 0.1) is 6.92 Å². The molecule has 0 aromatic carbocycles. The number of hydrogen-bond donors (Lipinski definition) is 0. The van der Waals surface area contributed by atoms with Crippen molar-refractivity contribution in [3.8, 4) is 0 Å². The molecule has 3 heterocycles. The fourth-order valence-electron chi connectivity index (χ4n) is 3.00. The van der Waals surface area contributed by atoms with Crippen molar-refractivity contribution in [2.24, 2.45) is 0 Å². The van der Waals surface area contributed by atoms with Gasteiger partial charge in [-0.25, -0.2) is 4.98 Å². The molecule has 0 aliphatic carbocycles. The average Bonchev–Trinajstić information content (AvgIpc) is 3.10. The Morgan fingerprint density at radius 3 is 3.10 bits per heavy atom. The van der Waals surface area contributed by atoms with Crippen LogP contribution in [0.5, 0.6) is 0 Å². The van der Waals surface area contributed by atoms with Crippen molar-refractivity contribution in [2.45, 2.75) is 51.7 Å². The number of rotatable bonds is 5. The summed E-state index contributed by atoms with van der Waals surface area (Å²) in [6, 6.07) is 2.61. The third-order valence-corrected chi connectivity index (χ3v) is 4.03. The van der Waals surface area contributed by atoms with Gasteiger partial charge in [0.2, 0.25) is 0 Å². The van der Waals surface area contributed by atoms with E-state index in [2.05, 4.69) is 15.0 Å². The van der Waals surface area contributed by atoms with Gasteiger partial charge in [-0.05, 0) is 31.9 Å². The minimum atomic E-state index is 0.630. The van der Waals surface area contributed by atoms with Crippen LogP contribution >= 0.6 is 0 Å². The monoisotopic (exact) mass is 274 g/mol. The first-order chi connectivity index (χ1) is 9.81. The highest BCUT2D eigenvalue weighted by atomic mass is 16.3. The molecule has 0 radical (unpaired) electrons. The van der Waals surface area contributed by atoms with Gasteiger partial charge in [0.25, 0.3) is 0 Å². The van der Waals surface area contributed by atoms with Crippen molar-refractivity contribution < 1.29 is 4.42 Å². The Labute approximate surface area is 119 Å². The molecule has 5 heteroatoms. The van der Waals surface area contributed by atoms with Crippen LogP contribution in [0.3, 0.4) is 0 Å². The van der Waals surface area contributed by atoms with Crippen molar-refractivity contribution in [3.05, 3.63) is 36.3 Å². The van der Waals surface area contributed by atoms with Gasteiger partial charge in [0, 0.05) is 38.4 Å². The fraction of sp³-hybridized carbons (Fsp3) is 0.600. The molecule has 108 valence electrons. The zero-order chi connectivity index (χ0) is 13.8. The van der Waals surface area contributed by atoms with Crippen molar-refractivity contribution in [1.29, 1.82) is 0 Å². The first-order valence-corrected chi connectivity index (χ1v) is 7.44. The van der Waals surface area contributed by atoms with Crippen molar-refractivity contribution in [3.63, 3.8) is 0 Å². The van der Waals surface area contributed by atoms with Crippen LogP contribution in [0.2, 0.25) is 0 Å². The third-order valence-electron chi connectivity index (χ3n) is 4.03. The molecule has 0 saturated carbocycles. The number of aryl methyl sites for hydroxylation is 2. The highest BCUT2D eigenvalue weighted by Gasteiger charge is 2.23. The van der Waals surface area contributed by atoms with Crippen LogP contribution < -0.4 is 0 Å². The van der Waals surface area contributed by atoms with E-state index in [0.29, 0.717) is 6.04 Å². The Hall–Kier alpha value is -1.62. The van der Waals surface area contributed by atoms with Crippen molar-refractivity contribution in [2.75, 3.05) is 6.54 Å². The van der Waals surface area contributed by atoms with E-state index < -0.39 is 0 Å². The minimum Gasteiger partial charge on any atom is -0.449 e. The summed E-state index contributed by atoms with van der Waals surface area (Å²) >= 11 is 0. The lowest BCUT2D eigenvalue weighted by Gasteiger charge is -2.35. The Bertz CT molecular complexity index is 520. The molecule has 0 unspecified atom stereocenters. The molecule has 5 nitrogen and oxygen atoms in total. The van der Waals surface area contributed by atoms with Crippen LogP contribution in [0.15, 0.2) is 29.1 Å². The number of likely N-dealkylation sites (tertiary alicyclic amines) is 1. The molecule has 1 fully saturated rings. The van der Waals surface area contributed by atoms with Gasteiger partial charge in [0.05, 0.1) is 5.69 Å². The van der Waals surface area contributed by atoms with Gasteiger partial charge in [0.15, 0.2) is 5.89 Å². The predicted octanol–water partition coefficient (Wildman–Crippen LogP) is 2.62. The van der Waals surface area contributed by atoms with E-state index in [4.69, 9.17) is 4.42 Å². The predicted molar refractivity (Wildman–Crippen MR) is 76.1 cm³/mol. The highest BCUT2D eigenvalue weighted by Crippen LogP contribution is 2.22. The van der Waals surface area contributed by atoms with Gasteiger partial charge in [-0.2, -0.15) is 5.10 Å². The van der Waals surface area contributed by atoms with Gasteiger partial charge < -0.3 is 4.42 Å². The Morgan fingerprint density at radius 2 is 2.35 bits per heavy atom. The molecule has 3 rings (SSSR count). The molecule has 2 aromatic heterocycles. The van der Waals surface area contributed by atoms with Crippen LogP contribution in [0.25, 0.3) is 0 Å². The summed E-state index contributed by atoms with van der Waals surface area (Å²) in [5.74, 6) is 0.755. The zero-order valence-electron chi connectivity index (χ0n) is 12.0. The molecule has 0 amide bonds. The summed E-state index contributed by atoms with van der Waals surface area (Å²) < 4.78 is 7.33. The summed E-state index contributed by atoms with van der Waals surface area (Å²) in [6.07, 6.45) is 10.7. The van der Waals surface area contributed by atoms with Crippen LogP contribution in [0.1, 0.15) is 37.3 Å². The maximum Gasteiger partial charge on any atom is 0.191 e. The normalized spacial score (nSPS) is 20.4. The van der Waals surface area contributed by atoms with Gasteiger partial charge >= 0.3 is 0 Å². The number of piperidine rings is 1. The third kappa shape index (κ3) is 3.28. The molecular formula is C15H22N4O. The van der Waals surface area contributed by atoms with Gasteiger partial charge in [-0.15, -0.1) is 0 Å². The second-order valence-electron chi connectivity index (χ2n) is 5.54. The molecule has 0 spiro atoms. The summed E-state index contributed by atoms with van der Waals surface area (Å²) in [6.45, 7) is 4.96. The van der Waals surface area contributed by atoms with E-state index in [1.165, 1.54) is 19.3 Å². The molecule has 2 aromatic rings. The summed E-state index contributed by atoms with van der Waals surface area (Å²) in [7, 11) is 0. The van der Waals surface area contributed by atoms with E-state index in [-0.39, 0.29) is 0 Å². The van der Waals surface area contributed by atoms with Crippen LogP contribution in [-0.4, -0.2) is 32.3 Å². The van der Waals surface area contributed by atoms with Crippen molar-refractivity contribution in [1.82, 2.24) is 19.7 Å². The minimum absolute atomic E-state index is 0.630. The maximum atomic E-state index is 5.31. The molecule has 1 aliphatic rings. The number of aromatic nitrogens is 3. The molecule has 0 N–H and O–H groups in total. The Morgan fingerprint density at radius 1 is 1.40 bits per heavy atom. The lowest BCUT2D eigenvalue weighted by molar-refractivity contribution is 0.125. The summed E-state index contributed by atoms with van der Waals surface area (Å²) in [4.78, 5) is 6.97. The van der Waals surface area contributed by atoms with Gasteiger partial charge in [-0.1, -0.05) is 6.42 Å². The second-order valence-corrected chi connectivity index (χ2v) is 5.54. The number of hydrogen-bond acceptors (Lipinski definition) is 4. The van der Waals surface area contributed by atoms with E-state index in [1.54, 1.807) is 6.26 Å². The SMILES string of the molecule is Cc1nc(CN2CCCC[C@@H]2CCn2cccn2)co1. The summed E-state index contributed by atoms with van der Waals surface area (Å²) in [5.41, 5.74) is 1.05. The Balaban J connectivity index is 1.58. The highest BCUT2D eigenvalue weighted by molar-refractivity contribution is 4.96. The van der Waals surface area contributed by atoms with Gasteiger partial charge in [0.1, 0.15) is 6.26 Å². The molecule has 0 bridgehead atoms. The molecular weight excluding hydrogens is 252 g/mol. The van der Waals surface area contributed by atoms with E-state index in [0.717, 1.165) is 37.6 Å². The molecule has 1 saturated heterocycles. The van der Waals surface area contributed by atoms with E-state index >= 15 is 0 Å². The topological polar surface area (TPSA) is 47.1 Å². The molecule has 20 heavy (non-hydrogen) atoms. The number of nitrogens with zero attached hydrogens (tertiary/aromatic N) is 4. The Kier molecular flexibility index (Phi) is 4.16. The van der Waals surface area contributed by atoms with Crippen molar-refractivity contribution >= 4 is 0 Å². The fourth-order valence-corrected chi connectivity index (χ4v) is 3.00. The van der Waals surface area contributed by atoms with Gasteiger partial charge in [-0.3, -0.25) is 9.58 Å². The van der Waals surface area contributed by atoms with E-state index in [9.17, 15) is 0 Å². The lowest BCUT2D eigenvalue weighted by Crippen LogP contribution is -2.39. The first kappa shape index (κ1) is 13.4. The van der Waals surface area contributed by atoms with E-state index in [1.807, 2.05) is 30.1 Å². The maximum absolute atomic E-state index is 5.31. The first-order valence-electron chi connectivity index (χ1n) is 7.44. The number of oxazole rings is 1. The standard InChI is InChI=1S/C15H22N4O/c1-13-17-14(12-20-13)11-18-8-3-2-5-15(18)6-10-19-9-4-7-16-19/h4,7,9,12,15H,2-3,5-6,8,10-11H2,1H3/t15-/m1/s1. The largest absolute Gasteiger partial charge is 0.449 e. The quantitative estimate of drug-likeness (QED) is 0.841. The zero-order valence-corrected chi connectivity index (χ0v) is 12.0. The smallest absolute Gasteiger partial charge is 0.191 e. The average molecular weight is 274 g/mol. The lowest BCUT2D eigenvalue weighted by atomic mass is 9.99. The van der Waals surface area contributed by atoms with Crippen LogP contribution in [0.4, 0.5) is 0 Å². The summed E-state index contributed by atoms with van der Waals surface area (Å²) in [5, 5.41) is 4.28.